The first-order chi connectivity index (χ1) is 5.22. The molecule has 1 rings (SSSR count). The number of nitrogens with two attached hydrogens (primary N) is 1. The lowest BCUT2D eigenvalue weighted by molar-refractivity contribution is 0.259. The van der Waals surface area contributed by atoms with Gasteiger partial charge in [0.1, 0.15) is 0 Å². The van der Waals surface area contributed by atoms with Crippen LogP contribution >= 0.6 is 33.8 Å². The highest BCUT2D eigenvalue weighted by Gasteiger charge is 2.03. The van der Waals surface area contributed by atoms with Crippen molar-refractivity contribution in [3.05, 3.63) is 0 Å². The summed E-state index contributed by atoms with van der Waals surface area (Å²) < 4.78 is 0.664. The maximum atomic E-state index is 10.3. The molecule has 0 saturated heterocycles. The van der Waals surface area contributed by atoms with Gasteiger partial charge in [0, 0.05) is 0 Å². The summed E-state index contributed by atoms with van der Waals surface area (Å²) in [5.74, 6) is 0. The molecule has 0 bridgehead atoms. The molecule has 0 spiro atoms. The van der Waals surface area contributed by atoms with Crippen LogP contribution in [0.5, 0.6) is 0 Å². The van der Waals surface area contributed by atoms with Crippen LogP contribution in [0.25, 0.3) is 0 Å². The molecule has 2 amide bonds. The fraction of sp³-hybridized carbons (Fsp3) is 0. The number of hydrogen-bond donors (Lipinski definition) is 3. The van der Waals surface area contributed by atoms with Crippen molar-refractivity contribution >= 4 is 45.0 Å². The quantitative estimate of drug-likeness (QED) is 0.384. The summed E-state index contributed by atoms with van der Waals surface area (Å²) in [7, 11) is 1.16. The average molecular weight is 208 g/mol. The smallest absolute Gasteiger partial charge is 0.318 e. The third kappa shape index (κ3) is 2.56. The van der Waals surface area contributed by atoms with Crippen LogP contribution in [-0.2, 0) is 0 Å². The van der Waals surface area contributed by atoms with Crippen molar-refractivity contribution in [2.75, 3.05) is 5.32 Å². The van der Waals surface area contributed by atoms with Gasteiger partial charge in [-0.05, 0) is 10.8 Å². The molecule has 1 heterocycles. The maximum Gasteiger partial charge on any atom is 0.318 e. The van der Waals surface area contributed by atoms with E-state index in [9.17, 15) is 4.79 Å². The number of carbonyl (C=O) groups excluding carboxylic acids is 1. The van der Waals surface area contributed by atoms with Gasteiger partial charge in [-0.2, -0.15) is 0 Å². The van der Waals surface area contributed by atoms with Crippen LogP contribution in [0.15, 0.2) is 4.34 Å². The monoisotopic (exact) mass is 208 g/mol. The lowest BCUT2D eigenvalue weighted by Gasteiger charge is -1.89. The Kier molecular flexibility index (Phi) is 2.97. The van der Waals surface area contributed by atoms with Crippen LogP contribution in [-0.4, -0.2) is 16.2 Å². The first-order valence-corrected chi connectivity index (χ1v) is 5.12. The number of nitrogens with zero attached hydrogens (tertiary/aromatic N) is 2. The predicted molar refractivity (Wildman–Crippen MR) is 48.0 cm³/mol. The third-order valence-electron chi connectivity index (χ3n) is 0.715. The minimum absolute atomic E-state index is 0.383. The van der Waals surface area contributed by atoms with Gasteiger partial charge in [-0.3, -0.25) is 5.32 Å². The van der Waals surface area contributed by atoms with E-state index < -0.39 is 6.03 Å². The number of aromatic nitrogens is 2. The fourth-order valence-electron chi connectivity index (χ4n) is 0.403. The number of thiol groups is 1. The van der Waals surface area contributed by atoms with Gasteiger partial charge >= 0.3 is 6.03 Å². The lowest BCUT2D eigenvalue weighted by atomic mass is 11.0. The number of urea groups is 1. The molecule has 5 nitrogen and oxygen atoms in total. The molecule has 0 aliphatic heterocycles. The van der Waals surface area contributed by atoms with Crippen molar-refractivity contribution in [3.63, 3.8) is 0 Å². The highest BCUT2D eigenvalue weighted by molar-refractivity contribution is 8.69. The van der Waals surface area contributed by atoms with Crippen molar-refractivity contribution in [3.8, 4) is 0 Å². The molecule has 0 saturated carbocycles. The summed E-state index contributed by atoms with van der Waals surface area (Å²) in [5.41, 5.74) is 4.84. The van der Waals surface area contributed by atoms with Crippen LogP contribution in [0, 0.1) is 0 Å². The first kappa shape index (κ1) is 8.62. The Morgan fingerprint density at radius 1 is 1.73 bits per heavy atom. The van der Waals surface area contributed by atoms with Gasteiger partial charge in [0.2, 0.25) is 5.13 Å². The van der Waals surface area contributed by atoms with E-state index >= 15 is 0 Å². The molecular formula is C3H4N4OS3. The van der Waals surface area contributed by atoms with E-state index in [1.807, 2.05) is 0 Å². The van der Waals surface area contributed by atoms with Gasteiger partial charge in [0.05, 0.1) is 0 Å². The van der Waals surface area contributed by atoms with Crippen LogP contribution in [0.4, 0.5) is 9.93 Å². The van der Waals surface area contributed by atoms with E-state index in [1.165, 1.54) is 11.3 Å². The van der Waals surface area contributed by atoms with E-state index in [4.69, 9.17) is 5.73 Å². The SMILES string of the molecule is NC(=O)Nc1nnc(SS)s1. The van der Waals surface area contributed by atoms with Crippen molar-refractivity contribution in [2.45, 2.75) is 4.34 Å². The number of primary amides is 1. The number of amides is 2. The van der Waals surface area contributed by atoms with Crippen LogP contribution in [0.1, 0.15) is 0 Å². The molecule has 1 aromatic rings. The topological polar surface area (TPSA) is 80.9 Å². The van der Waals surface area contributed by atoms with Crippen LogP contribution < -0.4 is 11.1 Å². The maximum absolute atomic E-state index is 10.3. The molecule has 0 atom stereocenters. The Morgan fingerprint density at radius 2 is 2.45 bits per heavy atom. The molecule has 1 aromatic heterocycles. The molecule has 11 heavy (non-hydrogen) atoms. The van der Waals surface area contributed by atoms with Gasteiger partial charge < -0.3 is 5.73 Å². The second-order valence-electron chi connectivity index (χ2n) is 1.45. The summed E-state index contributed by atoms with van der Waals surface area (Å²) in [6.07, 6.45) is 0. The molecular weight excluding hydrogens is 204 g/mol. The summed E-state index contributed by atoms with van der Waals surface area (Å²) in [6.45, 7) is 0. The Labute approximate surface area is 75.6 Å². The molecule has 0 aliphatic carbocycles. The Hall–Kier alpha value is -0.470. The molecule has 0 radical (unpaired) electrons. The highest BCUT2D eigenvalue weighted by Crippen LogP contribution is 2.27. The van der Waals surface area contributed by atoms with Crippen molar-refractivity contribution in [2.24, 2.45) is 5.73 Å². The van der Waals surface area contributed by atoms with E-state index in [-0.39, 0.29) is 0 Å². The number of hydrogen-bond acceptors (Lipinski definition) is 6. The summed E-state index contributed by atoms with van der Waals surface area (Å²) in [5, 5.41) is 9.97. The molecule has 0 unspecified atom stereocenters. The molecule has 0 fully saturated rings. The summed E-state index contributed by atoms with van der Waals surface area (Å²) >= 11 is 5.11. The number of anilines is 1. The summed E-state index contributed by atoms with van der Waals surface area (Å²) in [6, 6.07) is -0.642. The third-order valence-corrected chi connectivity index (χ3v) is 2.98. The van der Waals surface area contributed by atoms with Crippen LogP contribution in [0.3, 0.4) is 0 Å². The van der Waals surface area contributed by atoms with Crippen molar-refractivity contribution in [1.82, 2.24) is 10.2 Å². The first-order valence-electron chi connectivity index (χ1n) is 2.43. The van der Waals surface area contributed by atoms with E-state index in [2.05, 4.69) is 27.2 Å². The number of carbonyl (C=O) groups is 1. The number of nitrogens with one attached hydrogen (secondary N) is 1. The predicted octanol–water partition coefficient (Wildman–Crippen LogP) is 0.966. The zero-order chi connectivity index (χ0) is 8.27. The van der Waals surface area contributed by atoms with E-state index in [0.29, 0.717) is 9.47 Å². The Balaban J connectivity index is 2.65. The minimum Gasteiger partial charge on any atom is -0.351 e. The van der Waals surface area contributed by atoms with Gasteiger partial charge in [-0.1, -0.05) is 11.3 Å². The van der Waals surface area contributed by atoms with Crippen molar-refractivity contribution in [1.29, 1.82) is 0 Å². The van der Waals surface area contributed by atoms with Crippen LogP contribution in [0.2, 0.25) is 0 Å². The molecule has 3 N–H and O–H groups in total. The van der Waals surface area contributed by atoms with Gasteiger partial charge in [0.25, 0.3) is 0 Å². The minimum atomic E-state index is -0.642. The molecule has 60 valence electrons. The standard InChI is InChI=1S/C3H4N4OS3/c4-1(8)5-2-6-7-3(10-2)11-9/h9H,(H3,4,5,6,8). The molecule has 0 aliphatic rings. The average Bonchev–Trinajstić information content (AvgIpc) is 2.34. The zero-order valence-electron chi connectivity index (χ0n) is 5.14. The van der Waals surface area contributed by atoms with Gasteiger partial charge in [0.15, 0.2) is 4.34 Å². The largest absolute Gasteiger partial charge is 0.351 e. The van der Waals surface area contributed by atoms with Crippen molar-refractivity contribution < 1.29 is 4.79 Å². The Morgan fingerprint density at radius 3 is 2.91 bits per heavy atom. The number of rotatable bonds is 2. The van der Waals surface area contributed by atoms with Gasteiger partial charge in [-0.25, -0.2) is 4.79 Å². The normalized spacial score (nSPS) is 9.55. The van der Waals surface area contributed by atoms with E-state index in [0.717, 1.165) is 10.8 Å². The second kappa shape index (κ2) is 3.79. The van der Waals surface area contributed by atoms with E-state index in [1.54, 1.807) is 0 Å². The Bertz CT molecular complexity index is 261. The van der Waals surface area contributed by atoms with Gasteiger partial charge in [-0.15, -0.1) is 21.9 Å². The molecule has 0 aromatic carbocycles. The summed E-state index contributed by atoms with van der Waals surface area (Å²) in [4.78, 5) is 10.3. The highest BCUT2D eigenvalue weighted by atomic mass is 33.1. The second-order valence-corrected chi connectivity index (χ2v) is 3.81. The molecule has 8 heteroatoms. The fourth-order valence-corrected chi connectivity index (χ4v) is 1.79. The lowest BCUT2D eigenvalue weighted by Crippen LogP contribution is -2.18. The zero-order valence-corrected chi connectivity index (χ0v) is 7.67.